The number of benzene rings is 1. The number of hydrogen-bond acceptors (Lipinski definition) is 6. The number of ketones is 1. The lowest BCUT2D eigenvalue weighted by Gasteiger charge is -2.14. The molecule has 0 aromatic heterocycles. The van der Waals surface area contributed by atoms with Gasteiger partial charge in [-0.1, -0.05) is 0 Å². The van der Waals surface area contributed by atoms with Gasteiger partial charge in [0.15, 0.2) is 0 Å². The molecule has 118 valence electrons. The Bertz CT molecular complexity index is 708. The predicted octanol–water partition coefficient (Wildman–Crippen LogP) is -0.340. The van der Waals surface area contributed by atoms with Crippen LogP contribution in [-0.4, -0.2) is 42.3 Å². The van der Waals surface area contributed by atoms with E-state index in [1.165, 1.54) is 24.3 Å². The van der Waals surface area contributed by atoms with Gasteiger partial charge in [-0.15, -0.1) is 0 Å². The van der Waals surface area contributed by atoms with Gasteiger partial charge >= 0.3 is 12.2 Å². The normalized spacial score (nSPS) is 12.2. The Morgan fingerprint density at radius 3 is 2.45 bits per heavy atom. The van der Waals surface area contributed by atoms with Crippen molar-refractivity contribution in [2.24, 2.45) is 0 Å². The van der Waals surface area contributed by atoms with Gasteiger partial charge in [-0.2, -0.15) is 4.72 Å². The lowest BCUT2D eigenvalue weighted by molar-refractivity contribution is -0.139. The van der Waals surface area contributed by atoms with Crippen LogP contribution < -0.4 is 10.5 Å². The molecule has 0 saturated heterocycles. The van der Waals surface area contributed by atoms with Crippen molar-refractivity contribution in [3.63, 3.8) is 0 Å². The van der Waals surface area contributed by atoms with E-state index in [2.05, 4.69) is 4.79 Å². The largest absolute Gasteiger partial charge is 0.480 e. The van der Waals surface area contributed by atoms with E-state index >= 15 is 0 Å². The molecule has 0 saturated carbocycles. The second-order valence-electron chi connectivity index (χ2n) is 4.34. The molecule has 0 bridgehead atoms. The smallest absolute Gasteiger partial charge is 0.372 e. The summed E-state index contributed by atoms with van der Waals surface area (Å²) >= 11 is 0. The van der Waals surface area contributed by atoms with Crippen LogP contribution in [0.4, 0.5) is 5.69 Å². The SMILES string of the molecule is N=[N+]=CC(=O)CCC(NS(=O)(=O)c1ccc(N)cc1)C(=O)O. The fourth-order valence-electron chi connectivity index (χ4n) is 1.56. The summed E-state index contributed by atoms with van der Waals surface area (Å²) in [7, 11) is -4.05. The Morgan fingerprint density at radius 1 is 1.36 bits per heavy atom. The number of nitrogens with zero attached hydrogens (tertiary/aromatic N) is 1. The maximum Gasteiger partial charge on any atom is 0.372 e. The van der Waals surface area contributed by atoms with Crippen LogP contribution >= 0.6 is 0 Å². The Morgan fingerprint density at radius 2 is 1.95 bits per heavy atom. The van der Waals surface area contributed by atoms with Crippen molar-refractivity contribution in [1.29, 1.82) is 5.53 Å². The minimum atomic E-state index is -4.05. The molecule has 0 aliphatic heterocycles. The third-order valence-corrected chi connectivity index (χ3v) is 4.16. The van der Waals surface area contributed by atoms with Crippen LogP contribution in [0.1, 0.15) is 12.8 Å². The van der Waals surface area contributed by atoms with Crippen LogP contribution in [-0.2, 0) is 19.6 Å². The third kappa shape index (κ3) is 5.09. The van der Waals surface area contributed by atoms with Gasteiger partial charge in [0.2, 0.25) is 15.8 Å². The molecule has 0 fully saturated rings. The highest BCUT2D eigenvalue weighted by atomic mass is 32.2. The summed E-state index contributed by atoms with van der Waals surface area (Å²) in [4.78, 5) is 24.9. The highest BCUT2D eigenvalue weighted by molar-refractivity contribution is 7.89. The van der Waals surface area contributed by atoms with Gasteiger partial charge in [0.05, 0.1) is 15.2 Å². The number of carboxylic acids is 1. The summed E-state index contributed by atoms with van der Waals surface area (Å²) in [6.07, 6.45) is 0.228. The molecule has 0 aliphatic rings. The lowest BCUT2D eigenvalue weighted by atomic mass is 10.1. The monoisotopic (exact) mass is 327 g/mol. The Hall–Kier alpha value is -2.55. The van der Waals surface area contributed by atoms with E-state index in [1.807, 2.05) is 4.72 Å². The van der Waals surface area contributed by atoms with Crippen LogP contribution in [0.3, 0.4) is 0 Å². The molecule has 0 amide bonds. The Balaban J connectivity index is 2.85. The summed E-state index contributed by atoms with van der Waals surface area (Å²) in [5.41, 5.74) is 12.3. The lowest BCUT2D eigenvalue weighted by Crippen LogP contribution is -2.41. The fourth-order valence-corrected chi connectivity index (χ4v) is 2.78. The number of nitrogen functional groups attached to an aromatic ring is 1. The van der Waals surface area contributed by atoms with Crippen molar-refractivity contribution < 1.29 is 27.9 Å². The van der Waals surface area contributed by atoms with E-state index in [9.17, 15) is 18.0 Å². The first-order valence-corrected chi connectivity index (χ1v) is 7.58. The number of Topliss-reactive ketones (excluding diaryl/α,β-unsaturated/α-hetero) is 1. The van der Waals surface area contributed by atoms with Crippen LogP contribution in [0.5, 0.6) is 0 Å². The zero-order valence-corrected chi connectivity index (χ0v) is 12.2. The zero-order valence-electron chi connectivity index (χ0n) is 11.4. The zero-order chi connectivity index (χ0) is 16.8. The first-order valence-electron chi connectivity index (χ1n) is 6.09. The number of hydrogen-bond donors (Lipinski definition) is 4. The maximum absolute atomic E-state index is 12.1. The van der Waals surface area contributed by atoms with Crippen LogP contribution in [0.25, 0.3) is 0 Å². The van der Waals surface area contributed by atoms with Crippen molar-refractivity contribution in [3.05, 3.63) is 24.3 Å². The number of carbonyl (C=O) groups is 2. The minimum absolute atomic E-state index is 0.132. The molecule has 1 unspecified atom stereocenters. The van der Waals surface area contributed by atoms with Gasteiger partial charge in [0.25, 0.3) is 0 Å². The number of rotatable bonds is 8. The third-order valence-electron chi connectivity index (χ3n) is 2.67. The van der Waals surface area contributed by atoms with Crippen LogP contribution in [0.15, 0.2) is 29.2 Å². The van der Waals surface area contributed by atoms with Crippen molar-refractivity contribution >= 4 is 33.7 Å². The standard InChI is InChI=1S/C12H14N4O5S/c13-8-1-4-10(5-2-8)22(20,21)16-11(12(18)19)6-3-9(17)7-15-14/h1-2,4-5,7,11,14,16H,3,6,13H2/p+1. The molecule has 22 heavy (non-hydrogen) atoms. The van der Waals surface area contributed by atoms with E-state index in [4.69, 9.17) is 16.4 Å². The molecule has 0 heterocycles. The van der Waals surface area contributed by atoms with E-state index in [-0.39, 0.29) is 17.7 Å². The van der Waals surface area contributed by atoms with Gasteiger partial charge in [-0.25, -0.2) is 8.42 Å². The topological polar surface area (TPSA) is 165 Å². The number of sulfonamides is 1. The fraction of sp³-hybridized carbons (Fsp3) is 0.250. The van der Waals surface area contributed by atoms with Gasteiger partial charge in [0.1, 0.15) is 6.04 Å². The molecule has 1 rings (SSSR count). The maximum atomic E-state index is 12.1. The van der Waals surface area contributed by atoms with Gasteiger partial charge < -0.3 is 10.8 Å². The Kier molecular flexibility index (Phi) is 5.93. The molecule has 5 N–H and O–H groups in total. The quantitative estimate of drug-likeness (QED) is 0.221. The average molecular weight is 327 g/mol. The van der Waals surface area contributed by atoms with Crippen molar-refractivity contribution in [2.45, 2.75) is 23.8 Å². The van der Waals surface area contributed by atoms with E-state index in [0.29, 0.717) is 5.69 Å². The summed E-state index contributed by atoms with van der Waals surface area (Å²) in [6.45, 7) is 0. The molecule has 9 nitrogen and oxygen atoms in total. The highest BCUT2D eigenvalue weighted by Gasteiger charge is 2.26. The number of nitrogens with two attached hydrogens (primary N) is 1. The minimum Gasteiger partial charge on any atom is -0.480 e. The number of aliphatic carboxylic acids is 1. The number of anilines is 1. The summed E-state index contributed by atoms with van der Waals surface area (Å²) < 4.78 is 26.2. The van der Waals surface area contributed by atoms with Gasteiger partial charge in [0, 0.05) is 12.1 Å². The number of carboxylic acid groups (broad SMARTS) is 1. The second-order valence-corrected chi connectivity index (χ2v) is 6.06. The molecule has 1 aromatic carbocycles. The average Bonchev–Trinajstić information content (AvgIpc) is 2.44. The molecule has 10 heteroatoms. The van der Waals surface area contributed by atoms with Crippen LogP contribution in [0.2, 0.25) is 0 Å². The summed E-state index contributed by atoms with van der Waals surface area (Å²) in [5.74, 6) is -1.97. The Labute approximate surface area is 126 Å². The first-order chi connectivity index (χ1) is 10.3. The molecular weight excluding hydrogens is 312 g/mol. The van der Waals surface area contributed by atoms with E-state index < -0.39 is 27.8 Å². The summed E-state index contributed by atoms with van der Waals surface area (Å²) in [5, 5.41) is 9.04. The van der Waals surface area contributed by atoms with Crippen molar-refractivity contribution in [3.8, 4) is 0 Å². The van der Waals surface area contributed by atoms with Crippen molar-refractivity contribution in [1.82, 2.24) is 4.72 Å². The van der Waals surface area contributed by atoms with Crippen LogP contribution in [0, 0.1) is 5.53 Å². The molecular formula is C12H15N4O5S+. The molecule has 0 aliphatic carbocycles. The number of carbonyl (C=O) groups excluding carboxylic acids is 1. The van der Waals surface area contributed by atoms with Gasteiger partial charge in [-0.05, 0) is 30.7 Å². The molecule has 1 atom stereocenters. The highest BCUT2D eigenvalue weighted by Crippen LogP contribution is 2.13. The molecule has 1 aromatic rings. The van der Waals surface area contributed by atoms with Crippen molar-refractivity contribution in [2.75, 3.05) is 5.73 Å². The second kappa shape index (κ2) is 7.46. The van der Waals surface area contributed by atoms with E-state index in [1.54, 1.807) is 0 Å². The van der Waals surface area contributed by atoms with Gasteiger partial charge in [-0.3, -0.25) is 9.59 Å². The predicted molar refractivity (Wildman–Crippen MR) is 75.9 cm³/mol. The molecule has 0 radical (unpaired) electrons. The summed E-state index contributed by atoms with van der Waals surface area (Å²) in [6, 6.07) is 3.77. The molecule has 0 spiro atoms. The number of nitrogens with one attached hydrogen (secondary N) is 2. The van der Waals surface area contributed by atoms with E-state index in [0.717, 1.165) is 6.21 Å². The first kappa shape index (κ1) is 17.5.